The monoisotopic (exact) mass is 766 g/mol. The van der Waals surface area contributed by atoms with Crippen molar-refractivity contribution in [2.24, 2.45) is 0 Å². The van der Waals surface area contributed by atoms with Crippen molar-refractivity contribution in [1.82, 2.24) is 19.5 Å². The summed E-state index contributed by atoms with van der Waals surface area (Å²) in [6.07, 6.45) is 0. The topological polar surface area (TPSA) is 56.7 Å². The Morgan fingerprint density at radius 1 is 0.317 bits per heavy atom. The van der Waals surface area contributed by atoms with Crippen LogP contribution in [0.2, 0.25) is 0 Å². The molecular weight excluding hydrogens is 733 g/mol. The summed E-state index contributed by atoms with van der Waals surface area (Å²) in [6.45, 7) is 0. The first-order valence-electron chi connectivity index (χ1n) is 20.2. The maximum Gasteiger partial charge on any atom is 0.164 e. The number of rotatable bonds is 6. The van der Waals surface area contributed by atoms with E-state index in [1.165, 1.54) is 32.9 Å². The van der Waals surface area contributed by atoms with E-state index in [1.807, 2.05) is 36.4 Å². The standard InChI is InChI=1S/C55H34N4O/c1-3-13-35(14-4-1)36-23-25-37(26-24-36)40-29-32-50-47(33-40)52-45-20-8-7-17-42(45)46(34-51(52)60-50)55-57-53(38-15-5-2-6-16-38)56-54(58-55)39-27-30-41(31-28-39)59-48-21-11-9-18-43(48)44-19-10-12-22-49(44)59/h1-34H. The number of aromatic nitrogens is 4. The van der Waals surface area contributed by atoms with Crippen molar-refractivity contribution in [3.05, 3.63) is 206 Å². The lowest BCUT2D eigenvalue weighted by molar-refractivity contribution is 0.669. The third-order valence-electron chi connectivity index (χ3n) is 11.7. The van der Waals surface area contributed by atoms with Crippen LogP contribution in [0.3, 0.4) is 0 Å². The zero-order valence-electron chi connectivity index (χ0n) is 32.3. The molecule has 280 valence electrons. The molecule has 0 atom stereocenters. The number of hydrogen-bond donors (Lipinski definition) is 0. The summed E-state index contributed by atoms with van der Waals surface area (Å²) in [4.78, 5) is 15.4. The molecule has 0 N–H and O–H groups in total. The SMILES string of the molecule is c1ccc(-c2ccc(-c3ccc4oc5cc(-c6nc(-c7ccccc7)nc(-c7ccc(-n8c9ccccc9c9ccccc98)cc7)n6)c6ccccc6c5c4c3)cc2)cc1. The molecule has 0 fully saturated rings. The highest BCUT2D eigenvalue weighted by molar-refractivity contribution is 6.22. The number of para-hydroxylation sites is 2. The molecule has 12 aromatic rings. The predicted molar refractivity (Wildman–Crippen MR) is 246 cm³/mol. The van der Waals surface area contributed by atoms with Crippen LogP contribution in [0.25, 0.3) is 117 Å². The Hall–Kier alpha value is -8.15. The maximum absolute atomic E-state index is 6.66. The van der Waals surface area contributed by atoms with Gasteiger partial charge in [0.1, 0.15) is 11.2 Å². The Labute approximate surface area is 345 Å². The van der Waals surface area contributed by atoms with E-state index in [0.717, 1.165) is 66.2 Å². The third kappa shape index (κ3) is 5.59. The molecule has 0 aliphatic carbocycles. The second-order valence-corrected chi connectivity index (χ2v) is 15.2. The van der Waals surface area contributed by atoms with Gasteiger partial charge in [0.05, 0.1) is 11.0 Å². The number of fused-ring (bicyclic) bond motifs is 8. The number of hydrogen-bond acceptors (Lipinski definition) is 4. The highest BCUT2D eigenvalue weighted by Crippen LogP contribution is 2.41. The van der Waals surface area contributed by atoms with Gasteiger partial charge in [-0.1, -0.05) is 152 Å². The molecule has 0 amide bonds. The van der Waals surface area contributed by atoms with Crippen molar-refractivity contribution >= 4 is 54.5 Å². The van der Waals surface area contributed by atoms with Crippen molar-refractivity contribution in [3.63, 3.8) is 0 Å². The summed E-state index contributed by atoms with van der Waals surface area (Å²) in [6, 6.07) is 72.1. The first-order chi connectivity index (χ1) is 29.7. The summed E-state index contributed by atoms with van der Waals surface area (Å²) in [5.41, 5.74) is 12.4. The van der Waals surface area contributed by atoms with E-state index in [0.29, 0.717) is 17.5 Å². The lowest BCUT2D eigenvalue weighted by Crippen LogP contribution is -2.01. The quantitative estimate of drug-likeness (QED) is 0.169. The van der Waals surface area contributed by atoms with Gasteiger partial charge in [-0.3, -0.25) is 0 Å². The van der Waals surface area contributed by atoms with Crippen LogP contribution in [-0.2, 0) is 0 Å². The molecule has 0 bridgehead atoms. The molecule has 0 aliphatic rings. The number of nitrogens with zero attached hydrogens (tertiary/aromatic N) is 4. The van der Waals surface area contributed by atoms with E-state index in [4.69, 9.17) is 19.4 Å². The van der Waals surface area contributed by atoms with Crippen LogP contribution in [0.4, 0.5) is 0 Å². The molecule has 12 rings (SSSR count). The molecule has 3 heterocycles. The van der Waals surface area contributed by atoms with Gasteiger partial charge in [0.15, 0.2) is 17.5 Å². The molecule has 0 radical (unpaired) electrons. The number of benzene rings is 9. The van der Waals surface area contributed by atoms with Crippen LogP contribution >= 0.6 is 0 Å². The molecule has 0 saturated heterocycles. The number of furan rings is 1. The fraction of sp³-hybridized carbons (Fsp3) is 0. The Morgan fingerprint density at radius 2 is 0.783 bits per heavy atom. The van der Waals surface area contributed by atoms with Crippen molar-refractivity contribution in [2.45, 2.75) is 0 Å². The average Bonchev–Trinajstić information content (AvgIpc) is 3.87. The minimum absolute atomic E-state index is 0.586. The van der Waals surface area contributed by atoms with Crippen molar-refractivity contribution in [1.29, 1.82) is 0 Å². The van der Waals surface area contributed by atoms with Gasteiger partial charge in [-0.25, -0.2) is 15.0 Å². The van der Waals surface area contributed by atoms with Gasteiger partial charge in [-0.2, -0.15) is 0 Å². The van der Waals surface area contributed by atoms with Gasteiger partial charge >= 0.3 is 0 Å². The van der Waals surface area contributed by atoms with Crippen LogP contribution in [-0.4, -0.2) is 19.5 Å². The van der Waals surface area contributed by atoms with Crippen molar-refractivity contribution < 1.29 is 4.42 Å². The minimum atomic E-state index is 0.586. The highest BCUT2D eigenvalue weighted by Gasteiger charge is 2.20. The average molecular weight is 767 g/mol. The van der Waals surface area contributed by atoms with Gasteiger partial charge in [0.2, 0.25) is 0 Å². The molecule has 60 heavy (non-hydrogen) atoms. The second-order valence-electron chi connectivity index (χ2n) is 15.2. The largest absolute Gasteiger partial charge is 0.456 e. The van der Waals surface area contributed by atoms with Crippen LogP contribution < -0.4 is 0 Å². The molecule has 0 aliphatic heterocycles. The highest BCUT2D eigenvalue weighted by atomic mass is 16.3. The summed E-state index contributed by atoms with van der Waals surface area (Å²) in [5.74, 6) is 1.80. The molecule has 0 saturated carbocycles. The second kappa shape index (κ2) is 13.8. The fourth-order valence-corrected chi connectivity index (χ4v) is 8.79. The van der Waals surface area contributed by atoms with E-state index < -0.39 is 0 Å². The van der Waals surface area contributed by atoms with Gasteiger partial charge in [-0.05, 0) is 87.6 Å². The van der Waals surface area contributed by atoms with Crippen molar-refractivity contribution in [3.8, 4) is 62.1 Å². The van der Waals surface area contributed by atoms with E-state index in [-0.39, 0.29) is 0 Å². The fourth-order valence-electron chi connectivity index (χ4n) is 8.79. The normalized spacial score (nSPS) is 11.7. The first kappa shape index (κ1) is 33.9. The van der Waals surface area contributed by atoms with Crippen LogP contribution in [0, 0.1) is 0 Å². The summed E-state index contributed by atoms with van der Waals surface area (Å²) in [7, 11) is 0. The van der Waals surface area contributed by atoms with E-state index >= 15 is 0 Å². The van der Waals surface area contributed by atoms with Gasteiger partial charge in [0, 0.05) is 43.9 Å². The van der Waals surface area contributed by atoms with Gasteiger partial charge in [0.25, 0.3) is 0 Å². The molecule has 3 aromatic heterocycles. The first-order valence-corrected chi connectivity index (χ1v) is 20.2. The Kier molecular flexibility index (Phi) is 7.78. The smallest absolute Gasteiger partial charge is 0.164 e. The van der Waals surface area contributed by atoms with Crippen molar-refractivity contribution in [2.75, 3.05) is 0 Å². The third-order valence-corrected chi connectivity index (χ3v) is 11.7. The molecular formula is C55H34N4O. The van der Waals surface area contributed by atoms with Crippen LogP contribution in [0.1, 0.15) is 0 Å². The summed E-state index contributed by atoms with van der Waals surface area (Å²) >= 11 is 0. The Morgan fingerprint density at radius 3 is 1.43 bits per heavy atom. The van der Waals surface area contributed by atoms with Gasteiger partial charge < -0.3 is 8.98 Å². The van der Waals surface area contributed by atoms with E-state index in [9.17, 15) is 0 Å². The summed E-state index contributed by atoms with van der Waals surface area (Å²) in [5, 5.41) is 6.74. The molecule has 5 heteroatoms. The Balaban J connectivity index is 0.990. The molecule has 0 spiro atoms. The Bertz CT molecular complexity index is 3520. The summed E-state index contributed by atoms with van der Waals surface area (Å²) < 4.78 is 8.98. The lowest BCUT2D eigenvalue weighted by atomic mass is 9.96. The maximum atomic E-state index is 6.66. The minimum Gasteiger partial charge on any atom is -0.456 e. The van der Waals surface area contributed by atoms with E-state index in [2.05, 4.69) is 174 Å². The van der Waals surface area contributed by atoms with Gasteiger partial charge in [-0.15, -0.1) is 0 Å². The molecule has 0 unspecified atom stereocenters. The predicted octanol–water partition coefficient (Wildman–Crippen LogP) is 14.4. The van der Waals surface area contributed by atoms with E-state index in [1.54, 1.807) is 0 Å². The zero-order valence-corrected chi connectivity index (χ0v) is 32.3. The molecule has 5 nitrogen and oxygen atoms in total. The van der Waals surface area contributed by atoms with Crippen LogP contribution in [0.5, 0.6) is 0 Å². The molecule has 9 aromatic carbocycles. The lowest BCUT2D eigenvalue weighted by Gasteiger charge is -2.12. The van der Waals surface area contributed by atoms with Crippen LogP contribution in [0.15, 0.2) is 211 Å². The zero-order chi connectivity index (χ0) is 39.6.